The van der Waals surface area contributed by atoms with Crippen molar-refractivity contribution in [2.75, 3.05) is 0 Å². The van der Waals surface area contributed by atoms with Gasteiger partial charge in [-0.2, -0.15) is 13.9 Å². The number of nitrogens with one attached hydrogen (secondary N) is 1. The maximum atomic E-state index is 13.7. The number of halogens is 2. The van der Waals surface area contributed by atoms with Gasteiger partial charge >= 0.3 is 0 Å². The van der Waals surface area contributed by atoms with Gasteiger partial charge in [-0.15, -0.1) is 0 Å². The third-order valence-electron chi connectivity index (χ3n) is 4.18. The van der Waals surface area contributed by atoms with E-state index in [0.29, 0.717) is 11.2 Å². The minimum atomic E-state index is -3.00. The molecule has 5 nitrogen and oxygen atoms in total. The van der Waals surface area contributed by atoms with E-state index in [1.165, 1.54) is 6.07 Å². The number of hydrogen-bond acceptors (Lipinski definition) is 3. The molecule has 3 heterocycles. The van der Waals surface area contributed by atoms with Crippen LogP contribution < -0.4 is 0 Å². The largest absolute Gasteiger partial charge is 0.287 e. The third kappa shape index (κ3) is 2.56. The quantitative estimate of drug-likeness (QED) is 0.595. The van der Waals surface area contributed by atoms with Crippen LogP contribution in [0.25, 0.3) is 27.8 Å². The van der Waals surface area contributed by atoms with E-state index in [0.717, 1.165) is 29.3 Å². The van der Waals surface area contributed by atoms with Gasteiger partial charge in [0.1, 0.15) is 17.0 Å². The number of alkyl halides is 2. The first-order valence-corrected chi connectivity index (χ1v) is 8.06. The summed E-state index contributed by atoms with van der Waals surface area (Å²) in [6.45, 7) is 4.88. The number of aromatic amines is 1. The van der Waals surface area contributed by atoms with Gasteiger partial charge < -0.3 is 0 Å². The third-order valence-corrected chi connectivity index (χ3v) is 4.18. The molecule has 0 amide bonds. The zero-order valence-electron chi connectivity index (χ0n) is 14.1. The van der Waals surface area contributed by atoms with Gasteiger partial charge in [-0.3, -0.25) is 9.67 Å². The Hall–Kier alpha value is -2.83. The molecular formula is C18H17F2N5. The van der Waals surface area contributed by atoms with Crippen molar-refractivity contribution < 1.29 is 8.78 Å². The topological polar surface area (TPSA) is 59.4 Å². The highest BCUT2D eigenvalue weighted by molar-refractivity contribution is 5.82. The van der Waals surface area contributed by atoms with Crippen molar-refractivity contribution in [1.82, 2.24) is 24.7 Å². The fraction of sp³-hybridized carbons (Fsp3) is 0.278. The summed E-state index contributed by atoms with van der Waals surface area (Å²) in [5.74, 6) is -2.11. The van der Waals surface area contributed by atoms with Crippen LogP contribution in [0.1, 0.15) is 38.2 Å². The number of hydrogen-bond donors (Lipinski definition) is 1. The lowest BCUT2D eigenvalue weighted by molar-refractivity contribution is 0.0130. The van der Waals surface area contributed by atoms with Gasteiger partial charge in [-0.1, -0.05) is 13.8 Å². The van der Waals surface area contributed by atoms with Crippen LogP contribution in [0.4, 0.5) is 8.78 Å². The van der Waals surface area contributed by atoms with E-state index in [9.17, 15) is 8.78 Å². The molecule has 0 unspecified atom stereocenters. The molecule has 4 rings (SSSR count). The summed E-state index contributed by atoms with van der Waals surface area (Å²) in [5.41, 5.74) is 2.51. The first kappa shape index (κ1) is 15.7. The summed E-state index contributed by atoms with van der Waals surface area (Å²) in [6, 6.07) is 8.71. The van der Waals surface area contributed by atoms with E-state index in [2.05, 4.69) is 20.2 Å². The second-order valence-electron chi connectivity index (χ2n) is 6.53. The molecule has 0 aliphatic rings. The number of benzene rings is 1. The molecule has 0 radical (unpaired) electrons. The van der Waals surface area contributed by atoms with Crippen molar-refractivity contribution in [3.05, 3.63) is 48.0 Å². The van der Waals surface area contributed by atoms with Crippen molar-refractivity contribution >= 4 is 22.1 Å². The smallest absolute Gasteiger partial charge is 0.280 e. The van der Waals surface area contributed by atoms with Crippen LogP contribution >= 0.6 is 0 Å². The highest BCUT2D eigenvalue weighted by Gasteiger charge is 2.28. The number of aromatic nitrogens is 5. The van der Waals surface area contributed by atoms with E-state index in [4.69, 9.17) is 0 Å². The molecule has 0 atom stereocenters. The molecule has 0 spiro atoms. The van der Waals surface area contributed by atoms with Gasteiger partial charge in [-0.25, -0.2) is 9.97 Å². The van der Waals surface area contributed by atoms with Crippen molar-refractivity contribution in [2.24, 2.45) is 0 Å². The van der Waals surface area contributed by atoms with Gasteiger partial charge in [0.2, 0.25) is 0 Å². The minimum absolute atomic E-state index is 0.111. The summed E-state index contributed by atoms with van der Waals surface area (Å²) in [4.78, 5) is 8.83. The fourth-order valence-electron chi connectivity index (χ4n) is 2.93. The number of rotatable bonds is 3. The molecule has 0 bridgehead atoms. The van der Waals surface area contributed by atoms with Crippen LogP contribution in [0.3, 0.4) is 0 Å². The van der Waals surface area contributed by atoms with E-state index in [-0.39, 0.29) is 11.6 Å². The second kappa shape index (κ2) is 5.34. The van der Waals surface area contributed by atoms with E-state index >= 15 is 0 Å². The van der Waals surface area contributed by atoms with Gasteiger partial charge in [0.15, 0.2) is 5.65 Å². The Kier molecular flexibility index (Phi) is 3.35. The van der Waals surface area contributed by atoms with Crippen molar-refractivity contribution in [3.8, 4) is 5.69 Å². The SMILES string of the molecule is CC(C)c1nc2ccc(C(C)(F)F)nc2n1-c1ccc2[nH]ncc2c1. The Morgan fingerprint density at radius 2 is 1.92 bits per heavy atom. The minimum Gasteiger partial charge on any atom is -0.280 e. The van der Waals surface area contributed by atoms with Crippen LogP contribution in [-0.2, 0) is 5.92 Å². The number of fused-ring (bicyclic) bond motifs is 2. The Balaban J connectivity index is 2.03. The molecule has 0 aliphatic carbocycles. The van der Waals surface area contributed by atoms with E-state index in [1.807, 2.05) is 36.6 Å². The Morgan fingerprint density at radius 3 is 2.64 bits per heavy atom. The Labute approximate surface area is 142 Å². The lowest BCUT2D eigenvalue weighted by Crippen LogP contribution is -2.10. The fourth-order valence-corrected chi connectivity index (χ4v) is 2.93. The van der Waals surface area contributed by atoms with Crippen molar-refractivity contribution in [1.29, 1.82) is 0 Å². The predicted molar refractivity (Wildman–Crippen MR) is 92.2 cm³/mol. The number of H-pyrrole nitrogens is 1. The number of nitrogens with zero attached hydrogens (tertiary/aromatic N) is 4. The van der Waals surface area contributed by atoms with E-state index in [1.54, 1.807) is 12.3 Å². The number of pyridine rings is 1. The molecule has 0 saturated carbocycles. The standard InChI is InChI=1S/C18H17F2N5/c1-10(2)16-22-14-6-7-15(18(3,19)20)23-17(14)25(16)12-4-5-13-11(8-12)9-21-24-13/h4-10H,1-3H3,(H,21,24). The molecule has 7 heteroatoms. The Morgan fingerprint density at radius 1 is 1.12 bits per heavy atom. The predicted octanol–water partition coefficient (Wildman–Crippen LogP) is 4.53. The molecule has 3 aromatic heterocycles. The maximum absolute atomic E-state index is 13.7. The van der Waals surface area contributed by atoms with Crippen molar-refractivity contribution in [3.63, 3.8) is 0 Å². The van der Waals surface area contributed by atoms with Crippen LogP contribution in [0.2, 0.25) is 0 Å². The Bertz CT molecular complexity index is 1070. The summed E-state index contributed by atoms with van der Waals surface area (Å²) in [6.07, 6.45) is 1.73. The zero-order valence-corrected chi connectivity index (χ0v) is 14.1. The van der Waals surface area contributed by atoms with Gasteiger partial charge in [0, 0.05) is 23.9 Å². The lowest BCUT2D eigenvalue weighted by atomic mass is 10.2. The zero-order chi connectivity index (χ0) is 17.8. The highest BCUT2D eigenvalue weighted by Crippen LogP contribution is 2.30. The average Bonchev–Trinajstić information content (AvgIpc) is 3.16. The highest BCUT2D eigenvalue weighted by atomic mass is 19.3. The maximum Gasteiger partial charge on any atom is 0.287 e. The molecule has 128 valence electrons. The lowest BCUT2D eigenvalue weighted by Gasteiger charge is -2.13. The van der Waals surface area contributed by atoms with Gasteiger partial charge in [-0.05, 0) is 30.3 Å². The molecule has 25 heavy (non-hydrogen) atoms. The molecule has 4 aromatic rings. The van der Waals surface area contributed by atoms with Gasteiger partial charge in [0.25, 0.3) is 5.92 Å². The first-order valence-electron chi connectivity index (χ1n) is 8.06. The molecule has 1 N–H and O–H groups in total. The summed E-state index contributed by atoms with van der Waals surface area (Å²) < 4.78 is 29.3. The van der Waals surface area contributed by atoms with Crippen LogP contribution in [-0.4, -0.2) is 24.7 Å². The van der Waals surface area contributed by atoms with E-state index < -0.39 is 5.92 Å². The normalized spacial score (nSPS) is 12.6. The first-order chi connectivity index (χ1) is 11.8. The molecule has 0 saturated heterocycles. The summed E-state index contributed by atoms with van der Waals surface area (Å²) in [5, 5.41) is 7.87. The van der Waals surface area contributed by atoms with Crippen molar-refractivity contribution in [2.45, 2.75) is 32.6 Å². The number of imidazole rings is 1. The molecule has 0 aliphatic heterocycles. The average molecular weight is 341 g/mol. The monoisotopic (exact) mass is 341 g/mol. The summed E-state index contributed by atoms with van der Waals surface area (Å²) in [7, 11) is 0. The molecule has 1 aromatic carbocycles. The molecular weight excluding hydrogens is 324 g/mol. The van der Waals surface area contributed by atoms with Crippen LogP contribution in [0.15, 0.2) is 36.5 Å². The van der Waals surface area contributed by atoms with Crippen LogP contribution in [0.5, 0.6) is 0 Å². The second-order valence-corrected chi connectivity index (χ2v) is 6.53. The van der Waals surface area contributed by atoms with Gasteiger partial charge in [0.05, 0.1) is 11.7 Å². The molecule has 0 fully saturated rings. The summed E-state index contributed by atoms with van der Waals surface area (Å²) >= 11 is 0. The van der Waals surface area contributed by atoms with Crippen LogP contribution in [0, 0.1) is 0 Å².